The number of hydrogen-bond donors (Lipinski definition) is 0. The van der Waals surface area contributed by atoms with Crippen LogP contribution in [0, 0.1) is 0 Å². The van der Waals surface area contributed by atoms with Crippen LogP contribution in [0.2, 0.25) is 0 Å². The first-order chi connectivity index (χ1) is 8.81. The molecule has 0 aliphatic rings. The molecule has 0 heterocycles. The van der Waals surface area contributed by atoms with Crippen molar-refractivity contribution in [1.82, 2.24) is 0 Å². The second-order valence-corrected chi connectivity index (χ2v) is 5.30. The van der Waals surface area contributed by atoms with Gasteiger partial charge >= 0.3 is 0 Å². The summed E-state index contributed by atoms with van der Waals surface area (Å²) in [6, 6.07) is 0. The fraction of sp³-hybridized carbons (Fsp3) is 1.00. The normalized spacial score (nSPS) is 12.8. The first-order valence-electron chi connectivity index (χ1n) is 7.91. The third-order valence-corrected chi connectivity index (χ3v) is 3.40. The van der Waals surface area contributed by atoms with Gasteiger partial charge in [0, 0.05) is 13.7 Å². The number of unbranched alkanes of at least 4 members (excludes halogenated alkanes) is 9. The van der Waals surface area contributed by atoms with Crippen molar-refractivity contribution in [3.8, 4) is 0 Å². The number of methoxy groups -OCH3 is 1. The lowest BCUT2D eigenvalue weighted by Crippen LogP contribution is -2.14. The van der Waals surface area contributed by atoms with Crippen molar-refractivity contribution < 1.29 is 9.47 Å². The predicted octanol–water partition coefficient (Wildman–Crippen LogP) is 4.96. The Hall–Kier alpha value is -0.0800. The van der Waals surface area contributed by atoms with Crippen LogP contribution in [0.3, 0.4) is 0 Å². The summed E-state index contributed by atoms with van der Waals surface area (Å²) in [5.74, 6) is 0. The molecule has 2 nitrogen and oxygen atoms in total. The van der Waals surface area contributed by atoms with Crippen molar-refractivity contribution in [1.29, 1.82) is 0 Å². The molecule has 2 heteroatoms. The first-order valence-corrected chi connectivity index (χ1v) is 7.91. The van der Waals surface area contributed by atoms with Crippen LogP contribution in [-0.4, -0.2) is 26.4 Å². The van der Waals surface area contributed by atoms with E-state index in [1.54, 1.807) is 7.11 Å². The van der Waals surface area contributed by atoms with Crippen LogP contribution < -0.4 is 0 Å². The Labute approximate surface area is 114 Å². The SMILES string of the molecule is CCCCCCCCCCCCOCC(C)OC. The van der Waals surface area contributed by atoms with Gasteiger partial charge in [-0.15, -0.1) is 0 Å². The van der Waals surface area contributed by atoms with Crippen LogP contribution in [0.4, 0.5) is 0 Å². The smallest absolute Gasteiger partial charge is 0.0776 e. The van der Waals surface area contributed by atoms with E-state index in [1.165, 1.54) is 64.2 Å². The minimum Gasteiger partial charge on any atom is -0.379 e. The molecule has 0 spiro atoms. The summed E-state index contributed by atoms with van der Waals surface area (Å²) in [7, 11) is 1.73. The summed E-state index contributed by atoms with van der Waals surface area (Å²) < 4.78 is 10.7. The molecule has 0 N–H and O–H groups in total. The lowest BCUT2D eigenvalue weighted by molar-refractivity contribution is 0.0174. The van der Waals surface area contributed by atoms with E-state index < -0.39 is 0 Å². The highest BCUT2D eigenvalue weighted by atomic mass is 16.5. The highest BCUT2D eigenvalue weighted by Crippen LogP contribution is 2.10. The number of hydrogen-bond acceptors (Lipinski definition) is 2. The van der Waals surface area contributed by atoms with Crippen LogP contribution in [-0.2, 0) is 9.47 Å². The van der Waals surface area contributed by atoms with Crippen LogP contribution in [0.5, 0.6) is 0 Å². The molecule has 0 fully saturated rings. The zero-order chi connectivity index (χ0) is 13.5. The first kappa shape index (κ1) is 17.9. The molecule has 0 aliphatic heterocycles. The van der Waals surface area contributed by atoms with E-state index in [2.05, 4.69) is 6.92 Å². The van der Waals surface area contributed by atoms with Gasteiger partial charge in [0.05, 0.1) is 12.7 Å². The standard InChI is InChI=1S/C16H34O2/c1-4-5-6-7-8-9-10-11-12-13-14-18-15-16(2)17-3/h16H,4-15H2,1-3H3. The summed E-state index contributed by atoms with van der Waals surface area (Å²) in [5, 5.41) is 0. The summed E-state index contributed by atoms with van der Waals surface area (Å²) >= 11 is 0. The van der Waals surface area contributed by atoms with E-state index in [1.807, 2.05) is 6.92 Å². The van der Waals surface area contributed by atoms with Gasteiger partial charge in [0.2, 0.25) is 0 Å². The van der Waals surface area contributed by atoms with E-state index in [9.17, 15) is 0 Å². The van der Waals surface area contributed by atoms with Crippen molar-refractivity contribution in [2.45, 2.75) is 84.2 Å². The highest BCUT2D eigenvalue weighted by molar-refractivity contribution is 4.48. The van der Waals surface area contributed by atoms with Gasteiger partial charge in [-0.2, -0.15) is 0 Å². The van der Waals surface area contributed by atoms with Crippen LogP contribution in [0.25, 0.3) is 0 Å². The molecule has 0 amide bonds. The van der Waals surface area contributed by atoms with E-state index in [4.69, 9.17) is 9.47 Å². The maximum Gasteiger partial charge on any atom is 0.0776 e. The third kappa shape index (κ3) is 14.0. The monoisotopic (exact) mass is 258 g/mol. The van der Waals surface area contributed by atoms with Crippen LogP contribution in [0.15, 0.2) is 0 Å². The summed E-state index contributed by atoms with van der Waals surface area (Å²) in [4.78, 5) is 0. The molecule has 0 aliphatic carbocycles. The Morgan fingerprint density at radius 1 is 0.778 bits per heavy atom. The average molecular weight is 258 g/mol. The predicted molar refractivity (Wildman–Crippen MR) is 79.1 cm³/mol. The molecule has 0 aromatic rings. The molecule has 1 unspecified atom stereocenters. The van der Waals surface area contributed by atoms with Gasteiger partial charge in [0.15, 0.2) is 0 Å². The van der Waals surface area contributed by atoms with Crippen LogP contribution >= 0.6 is 0 Å². The zero-order valence-electron chi connectivity index (χ0n) is 12.9. The maximum absolute atomic E-state index is 5.53. The molecule has 110 valence electrons. The lowest BCUT2D eigenvalue weighted by atomic mass is 10.1. The molecule has 0 aromatic carbocycles. The topological polar surface area (TPSA) is 18.5 Å². The molecule has 0 rings (SSSR count). The summed E-state index contributed by atoms with van der Waals surface area (Å²) in [6.45, 7) is 5.94. The number of rotatable bonds is 14. The maximum atomic E-state index is 5.53. The average Bonchev–Trinajstić information content (AvgIpc) is 2.39. The molecule has 1 atom stereocenters. The third-order valence-electron chi connectivity index (χ3n) is 3.40. The van der Waals surface area contributed by atoms with E-state index in [0.29, 0.717) is 0 Å². The quantitative estimate of drug-likeness (QED) is 0.410. The molecule has 18 heavy (non-hydrogen) atoms. The molecule has 0 aromatic heterocycles. The molecule has 0 bridgehead atoms. The largest absolute Gasteiger partial charge is 0.379 e. The fourth-order valence-corrected chi connectivity index (χ4v) is 2.01. The van der Waals surface area contributed by atoms with Crippen molar-refractivity contribution in [2.24, 2.45) is 0 Å². The lowest BCUT2D eigenvalue weighted by Gasteiger charge is -2.09. The van der Waals surface area contributed by atoms with Gasteiger partial charge in [0.1, 0.15) is 0 Å². The van der Waals surface area contributed by atoms with Crippen molar-refractivity contribution in [3.05, 3.63) is 0 Å². The molecular weight excluding hydrogens is 224 g/mol. The van der Waals surface area contributed by atoms with Gasteiger partial charge < -0.3 is 9.47 Å². The summed E-state index contributed by atoms with van der Waals surface area (Å²) in [5.41, 5.74) is 0. The van der Waals surface area contributed by atoms with Crippen LogP contribution in [0.1, 0.15) is 78.1 Å². The Kier molecular flexibility index (Phi) is 14.9. The molecule has 0 saturated carbocycles. The van der Waals surface area contributed by atoms with E-state index >= 15 is 0 Å². The minimum atomic E-state index is 0.230. The Morgan fingerprint density at radius 2 is 1.28 bits per heavy atom. The fourth-order valence-electron chi connectivity index (χ4n) is 2.01. The van der Waals surface area contributed by atoms with E-state index in [-0.39, 0.29) is 6.10 Å². The summed E-state index contributed by atoms with van der Waals surface area (Å²) in [6.07, 6.45) is 14.0. The van der Waals surface area contributed by atoms with Gasteiger partial charge in [0.25, 0.3) is 0 Å². The Morgan fingerprint density at radius 3 is 1.78 bits per heavy atom. The Balaban J connectivity index is 2.94. The van der Waals surface area contributed by atoms with Crippen molar-refractivity contribution in [2.75, 3.05) is 20.3 Å². The highest BCUT2D eigenvalue weighted by Gasteiger charge is 1.98. The number of ether oxygens (including phenoxy) is 2. The second-order valence-electron chi connectivity index (χ2n) is 5.30. The Bertz CT molecular complexity index is 148. The minimum absolute atomic E-state index is 0.230. The second kappa shape index (κ2) is 15.0. The zero-order valence-corrected chi connectivity index (χ0v) is 12.9. The van der Waals surface area contributed by atoms with Crippen molar-refractivity contribution >= 4 is 0 Å². The van der Waals surface area contributed by atoms with E-state index in [0.717, 1.165) is 13.2 Å². The van der Waals surface area contributed by atoms with Gasteiger partial charge in [-0.25, -0.2) is 0 Å². The molecule has 0 saturated heterocycles. The van der Waals surface area contributed by atoms with Gasteiger partial charge in [-0.05, 0) is 13.3 Å². The van der Waals surface area contributed by atoms with Gasteiger partial charge in [-0.1, -0.05) is 64.7 Å². The molecule has 0 radical (unpaired) electrons. The molecular formula is C16H34O2. The van der Waals surface area contributed by atoms with Crippen molar-refractivity contribution in [3.63, 3.8) is 0 Å². The van der Waals surface area contributed by atoms with Gasteiger partial charge in [-0.3, -0.25) is 0 Å².